The van der Waals surface area contributed by atoms with Gasteiger partial charge >= 0.3 is 11.8 Å². The summed E-state index contributed by atoms with van der Waals surface area (Å²) in [5, 5.41) is 1.88. The highest BCUT2D eigenvalue weighted by Crippen LogP contribution is 2.40. The smallest absolute Gasteiger partial charge is 0.316 e. The van der Waals surface area contributed by atoms with Crippen LogP contribution in [-0.2, 0) is 9.59 Å². The van der Waals surface area contributed by atoms with Crippen molar-refractivity contribution in [3.05, 3.63) is 0 Å². The molecule has 1 aliphatic heterocycles. The van der Waals surface area contributed by atoms with Crippen molar-refractivity contribution in [2.75, 3.05) is 0 Å². The third-order valence-electron chi connectivity index (χ3n) is 4.53. The Morgan fingerprint density at radius 3 is 2.21 bits per heavy atom. The average Bonchev–Trinajstić information content (AvgIpc) is 2.70. The minimum Gasteiger partial charge on any atom is -0.316 e. The fraction of sp³-hybridized carbons (Fsp3) is 0.812. The molecule has 1 atom stereocenters. The number of aliphatic imine (C=N–C) groups is 1. The van der Waals surface area contributed by atoms with Crippen molar-refractivity contribution >= 4 is 17.6 Å². The van der Waals surface area contributed by atoms with Gasteiger partial charge < -0.3 is 5.32 Å². The number of halogens is 3. The normalized spacial score (nSPS) is 26.5. The summed E-state index contributed by atoms with van der Waals surface area (Å²) in [6.07, 6.45) is -0.945. The molecule has 8 heteroatoms. The van der Waals surface area contributed by atoms with Crippen molar-refractivity contribution in [2.24, 2.45) is 10.4 Å². The van der Waals surface area contributed by atoms with Gasteiger partial charge in [0.2, 0.25) is 5.91 Å². The van der Waals surface area contributed by atoms with Crippen molar-refractivity contribution in [1.82, 2.24) is 10.2 Å². The molecule has 0 saturated heterocycles. The van der Waals surface area contributed by atoms with Crippen LogP contribution in [0.15, 0.2) is 4.99 Å². The predicted molar refractivity (Wildman–Crippen MR) is 83.2 cm³/mol. The second-order valence-corrected chi connectivity index (χ2v) is 7.54. The van der Waals surface area contributed by atoms with E-state index in [1.807, 2.05) is 5.32 Å². The Kier molecular flexibility index (Phi) is 4.71. The summed E-state index contributed by atoms with van der Waals surface area (Å²) in [5.41, 5.74) is -4.28. The highest BCUT2D eigenvalue weighted by atomic mass is 19.4. The number of nitrogens with one attached hydrogen (secondary N) is 1. The molecule has 0 aromatic carbocycles. The number of alkyl halides is 3. The lowest BCUT2D eigenvalue weighted by molar-refractivity contribution is -0.202. The van der Waals surface area contributed by atoms with Crippen LogP contribution < -0.4 is 5.32 Å². The lowest BCUT2D eigenvalue weighted by Crippen LogP contribution is -2.65. The second-order valence-electron chi connectivity index (χ2n) is 7.54. The molecule has 1 heterocycles. The van der Waals surface area contributed by atoms with Crippen LogP contribution in [0.3, 0.4) is 0 Å². The molecular formula is C16H24F3N3O2. The summed E-state index contributed by atoms with van der Waals surface area (Å²) in [4.78, 5) is 29.6. The zero-order valence-corrected chi connectivity index (χ0v) is 14.5. The molecule has 1 unspecified atom stereocenters. The monoisotopic (exact) mass is 347 g/mol. The molecule has 1 N–H and O–H groups in total. The van der Waals surface area contributed by atoms with Gasteiger partial charge in [-0.1, -0.05) is 40.0 Å². The Bertz CT molecular complexity index is 560. The lowest BCUT2D eigenvalue weighted by atomic mass is 9.92. The highest BCUT2D eigenvalue weighted by molar-refractivity contribution is 6.09. The standard InChI is InChI=1S/C16H24F3N3O2/c1-10-20-15(16(17,18)19,21-12(23)14(2,3)4)13(24)22(10)11-8-6-5-7-9-11/h11H,5-9H2,1-4H3,(H,21,23). The summed E-state index contributed by atoms with van der Waals surface area (Å²) in [6, 6.07) is -0.286. The number of amides is 2. The highest BCUT2D eigenvalue weighted by Gasteiger charge is 2.67. The fourth-order valence-corrected chi connectivity index (χ4v) is 3.12. The van der Waals surface area contributed by atoms with Crippen LogP contribution in [0.2, 0.25) is 0 Å². The van der Waals surface area contributed by atoms with Gasteiger partial charge in [-0.2, -0.15) is 13.2 Å². The Morgan fingerprint density at radius 2 is 1.75 bits per heavy atom. The predicted octanol–water partition coefficient (Wildman–Crippen LogP) is 3.00. The molecule has 0 spiro atoms. The molecule has 5 nitrogen and oxygen atoms in total. The summed E-state index contributed by atoms with van der Waals surface area (Å²) < 4.78 is 41.3. The number of rotatable bonds is 2. The first-order valence-corrected chi connectivity index (χ1v) is 8.19. The van der Waals surface area contributed by atoms with Crippen LogP contribution in [0.25, 0.3) is 0 Å². The van der Waals surface area contributed by atoms with Crippen LogP contribution in [0.4, 0.5) is 13.2 Å². The summed E-state index contributed by atoms with van der Waals surface area (Å²) >= 11 is 0. The van der Waals surface area contributed by atoms with Crippen molar-refractivity contribution < 1.29 is 22.8 Å². The van der Waals surface area contributed by atoms with Gasteiger partial charge in [-0.05, 0) is 19.8 Å². The first-order chi connectivity index (χ1) is 10.9. The van der Waals surface area contributed by atoms with Crippen molar-refractivity contribution in [3.63, 3.8) is 0 Å². The fourth-order valence-electron chi connectivity index (χ4n) is 3.12. The Balaban J connectivity index is 2.39. The van der Waals surface area contributed by atoms with E-state index in [0.29, 0.717) is 12.8 Å². The zero-order valence-electron chi connectivity index (χ0n) is 14.5. The van der Waals surface area contributed by atoms with E-state index in [-0.39, 0.29) is 11.9 Å². The maximum atomic E-state index is 13.8. The van der Waals surface area contributed by atoms with Crippen LogP contribution in [0, 0.1) is 5.41 Å². The second kappa shape index (κ2) is 6.04. The minimum atomic E-state index is -5.00. The Hall–Kier alpha value is -1.60. The molecule has 0 aromatic rings. The minimum absolute atomic E-state index is 0.0124. The molecule has 2 aliphatic rings. The molecule has 1 saturated carbocycles. The van der Waals surface area contributed by atoms with Crippen molar-refractivity contribution in [2.45, 2.75) is 77.7 Å². The SMILES string of the molecule is CC1=NC(NC(=O)C(C)(C)C)(C(F)(F)F)C(=O)N1C1CCCCC1. The van der Waals surface area contributed by atoms with Gasteiger partial charge in [0.1, 0.15) is 5.84 Å². The third kappa shape index (κ3) is 3.15. The number of carbonyl (C=O) groups excluding carboxylic acids is 2. The molecule has 24 heavy (non-hydrogen) atoms. The van der Waals surface area contributed by atoms with Gasteiger partial charge in [0.25, 0.3) is 5.91 Å². The van der Waals surface area contributed by atoms with Gasteiger partial charge in [-0.15, -0.1) is 0 Å². The zero-order chi connectivity index (χ0) is 18.3. The van der Waals surface area contributed by atoms with Crippen molar-refractivity contribution in [1.29, 1.82) is 0 Å². The number of nitrogens with zero attached hydrogens (tertiary/aromatic N) is 2. The quantitative estimate of drug-likeness (QED) is 0.835. The molecule has 0 radical (unpaired) electrons. The van der Waals surface area contributed by atoms with Gasteiger partial charge in [-0.3, -0.25) is 14.5 Å². The van der Waals surface area contributed by atoms with E-state index >= 15 is 0 Å². The number of amidine groups is 1. The van der Waals surface area contributed by atoms with Gasteiger partial charge in [0.15, 0.2) is 0 Å². The van der Waals surface area contributed by atoms with Crippen molar-refractivity contribution in [3.8, 4) is 0 Å². The maximum Gasteiger partial charge on any atom is 0.442 e. The largest absolute Gasteiger partial charge is 0.442 e. The first kappa shape index (κ1) is 18.7. The third-order valence-corrected chi connectivity index (χ3v) is 4.53. The van der Waals surface area contributed by atoms with E-state index in [0.717, 1.165) is 24.2 Å². The number of carbonyl (C=O) groups is 2. The molecule has 0 aromatic heterocycles. The average molecular weight is 347 g/mol. The molecule has 1 fully saturated rings. The van der Waals surface area contributed by atoms with E-state index in [1.165, 1.54) is 27.7 Å². The number of hydrogen-bond donors (Lipinski definition) is 1. The van der Waals surface area contributed by atoms with Gasteiger partial charge in [0, 0.05) is 11.5 Å². The molecular weight excluding hydrogens is 323 g/mol. The van der Waals surface area contributed by atoms with Crippen LogP contribution >= 0.6 is 0 Å². The van der Waals surface area contributed by atoms with Gasteiger partial charge in [0.05, 0.1) is 0 Å². The summed E-state index contributed by atoms with van der Waals surface area (Å²) in [7, 11) is 0. The topological polar surface area (TPSA) is 61.8 Å². The summed E-state index contributed by atoms with van der Waals surface area (Å²) in [5.74, 6) is -2.05. The molecule has 2 amide bonds. The molecule has 136 valence electrons. The van der Waals surface area contributed by atoms with E-state index in [1.54, 1.807) is 0 Å². The van der Waals surface area contributed by atoms with E-state index < -0.39 is 29.1 Å². The number of hydrogen-bond acceptors (Lipinski definition) is 3. The summed E-state index contributed by atoms with van der Waals surface area (Å²) in [6.45, 7) is 5.85. The molecule has 1 aliphatic carbocycles. The lowest BCUT2D eigenvalue weighted by Gasteiger charge is -2.35. The van der Waals surface area contributed by atoms with Crippen LogP contribution in [0.5, 0.6) is 0 Å². The van der Waals surface area contributed by atoms with E-state index in [2.05, 4.69) is 4.99 Å². The molecule has 0 bridgehead atoms. The van der Waals surface area contributed by atoms with E-state index in [4.69, 9.17) is 0 Å². The first-order valence-electron chi connectivity index (χ1n) is 8.19. The van der Waals surface area contributed by atoms with Crippen LogP contribution in [-0.4, -0.2) is 40.4 Å². The maximum absolute atomic E-state index is 13.8. The Labute approximate surface area is 139 Å². The van der Waals surface area contributed by atoms with E-state index in [9.17, 15) is 22.8 Å². The molecule has 2 rings (SSSR count). The van der Waals surface area contributed by atoms with Crippen LogP contribution in [0.1, 0.15) is 59.8 Å². The Morgan fingerprint density at radius 1 is 1.21 bits per heavy atom. The van der Waals surface area contributed by atoms with Gasteiger partial charge in [-0.25, -0.2) is 4.99 Å².